The summed E-state index contributed by atoms with van der Waals surface area (Å²) in [5.74, 6) is 0. The molecule has 0 bridgehead atoms. The second-order valence-electron chi connectivity index (χ2n) is 1.63. The van der Waals surface area contributed by atoms with E-state index in [0.29, 0.717) is 0 Å². The first kappa shape index (κ1) is 15.5. The van der Waals surface area contributed by atoms with E-state index in [2.05, 4.69) is 4.74 Å². The van der Waals surface area contributed by atoms with E-state index in [0.717, 1.165) is 0 Å². The molecule has 0 radical (unpaired) electrons. The van der Waals surface area contributed by atoms with Crippen LogP contribution in [0.2, 0.25) is 0 Å². The van der Waals surface area contributed by atoms with Gasteiger partial charge in [0.15, 0.2) is 0 Å². The fourth-order valence-corrected chi connectivity index (χ4v) is 0.0747. The molecule has 0 aromatic rings. The summed E-state index contributed by atoms with van der Waals surface area (Å²) in [4.78, 5) is 18.4. The van der Waals surface area contributed by atoms with Gasteiger partial charge in [0, 0.05) is 0 Å². The van der Waals surface area contributed by atoms with Crippen LogP contribution in [0.4, 0.5) is 9.59 Å². The van der Waals surface area contributed by atoms with E-state index in [1.165, 1.54) is 0 Å². The monoisotopic (exact) mass is 267 g/mol. The molecule has 0 saturated carbocycles. The molecule has 0 spiro atoms. The number of ether oxygens (including phenoxy) is 1. The van der Waals surface area contributed by atoms with Crippen molar-refractivity contribution in [3.63, 3.8) is 0 Å². The first-order chi connectivity index (χ1) is 5.58. The molecule has 0 aliphatic carbocycles. The summed E-state index contributed by atoms with van der Waals surface area (Å²) in [5.41, 5.74) is 0. The van der Waals surface area contributed by atoms with Crippen LogP contribution in [0.25, 0.3) is 0 Å². The summed E-state index contributed by atoms with van der Waals surface area (Å²) in [7, 11) is 0. The zero-order valence-corrected chi connectivity index (χ0v) is 7.18. The Hall–Kier alpha value is -0.994. The van der Waals surface area contributed by atoms with Gasteiger partial charge >= 0.3 is 50.1 Å². The minimum absolute atomic E-state index is 1.81. The molecule has 8 N–H and O–H groups in total. The predicted octanol–water partition coefficient (Wildman–Crippen LogP) is -2.99. The molecule has 0 amide bonds. The molecule has 14 heavy (non-hydrogen) atoms. The van der Waals surface area contributed by atoms with E-state index in [1.807, 2.05) is 0 Å². The van der Waals surface area contributed by atoms with E-state index in [1.54, 1.807) is 0 Å². The average Bonchev–Trinajstić information content (AvgIpc) is 1.46. The number of carboxylic acid groups (broad SMARTS) is 2. The van der Waals surface area contributed by atoms with Crippen molar-refractivity contribution < 1.29 is 62.3 Å². The van der Waals surface area contributed by atoms with Gasteiger partial charge in [-0.1, -0.05) is 0 Å². The SMILES string of the molecule is O=C(O)OC(=O)O.[OH][Co]([OH])([OH])([OH])([OH])[OH]. The molecule has 0 aromatic heterocycles. The number of carbonyl (C=O) groups is 2. The first-order valence-corrected chi connectivity index (χ1v) is 4.95. The van der Waals surface area contributed by atoms with E-state index >= 15 is 0 Å². The summed E-state index contributed by atoms with van der Waals surface area (Å²) >= 11 is -7.65. The van der Waals surface area contributed by atoms with Crippen molar-refractivity contribution in [1.82, 2.24) is 0 Å². The van der Waals surface area contributed by atoms with Crippen LogP contribution in [-0.4, -0.2) is 47.8 Å². The second-order valence-corrected chi connectivity index (χ2v) is 4.76. The topological polar surface area (TPSA) is 205 Å². The fraction of sp³-hybridized carbons (Fsp3) is 0. The molecule has 0 saturated heterocycles. The van der Waals surface area contributed by atoms with Crippen LogP contribution < -0.4 is 0 Å². The Bertz CT molecular complexity index is 204. The van der Waals surface area contributed by atoms with Gasteiger partial charge < -0.3 is 14.9 Å². The van der Waals surface area contributed by atoms with Gasteiger partial charge in [-0.2, -0.15) is 0 Å². The maximum absolute atomic E-state index is 9.21. The molecule has 91 valence electrons. The molecular weight excluding hydrogens is 259 g/mol. The molecule has 0 fully saturated rings. The third-order valence-corrected chi connectivity index (χ3v) is 0.175. The maximum atomic E-state index is 9.21. The van der Waals surface area contributed by atoms with Crippen molar-refractivity contribution in [2.45, 2.75) is 0 Å². The zero-order valence-electron chi connectivity index (χ0n) is 6.14. The Morgan fingerprint density at radius 3 is 0.929 bits per heavy atom. The summed E-state index contributed by atoms with van der Waals surface area (Å²) in [6, 6.07) is 0. The van der Waals surface area contributed by atoms with E-state index in [9.17, 15) is 9.59 Å². The van der Waals surface area contributed by atoms with Gasteiger partial charge in [0.05, 0.1) is 0 Å². The van der Waals surface area contributed by atoms with Crippen LogP contribution in [0.5, 0.6) is 0 Å². The van der Waals surface area contributed by atoms with Crippen molar-refractivity contribution in [3.8, 4) is 0 Å². The number of hydrogen-bond acceptors (Lipinski definition) is 9. The Morgan fingerprint density at radius 2 is 0.929 bits per heavy atom. The van der Waals surface area contributed by atoms with Crippen molar-refractivity contribution in [2.75, 3.05) is 0 Å². The van der Waals surface area contributed by atoms with Gasteiger partial charge in [-0.3, -0.25) is 0 Å². The summed E-state index contributed by atoms with van der Waals surface area (Å²) in [5, 5.41) is 15.0. The molecule has 0 aromatic carbocycles. The van der Waals surface area contributed by atoms with Crippen LogP contribution in [-0.2, 0) is 17.2 Å². The van der Waals surface area contributed by atoms with Crippen LogP contribution >= 0.6 is 0 Å². The molecule has 0 aliphatic heterocycles. The third kappa shape index (κ3) is 122. The third-order valence-electron chi connectivity index (χ3n) is 0.175. The van der Waals surface area contributed by atoms with Crippen molar-refractivity contribution >= 4 is 12.3 Å². The molecule has 0 heterocycles. The predicted molar refractivity (Wildman–Crippen MR) is 30.4 cm³/mol. The number of hydrogen-bond donors (Lipinski definition) is 8. The van der Waals surface area contributed by atoms with Gasteiger partial charge in [0.1, 0.15) is 0 Å². The van der Waals surface area contributed by atoms with Crippen LogP contribution in [0.15, 0.2) is 0 Å². The van der Waals surface area contributed by atoms with Gasteiger partial charge in [-0.05, 0) is 0 Å². The Labute approximate surface area is 75.5 Å². The van der Waals surface area contributed by atoms with Gasteiger partial charge in [0.25, 0.3) is 0 Å². The molecule has 0 rings (SSSR count). The van der Waals surface area contributed by atoms with Crippen molar-refractivity contribution in [1.29, 1.82) is 0 Å². The van der Waals surface area contributed by atoms with E-state index in [4.69, 9.17) is 35.5 Å². The molecular formula is C2H8CoO11. The van der Waals surface area contributed by atoms with E-state index < -0.39 is 24.8 Å². The molecule has 0 atom stereocenters. The zero-order chi connectivity index (χ0) is 12.3. The van der Waals surface area contributed by atoms with Crippen LogP contribution in [0, 0.1) is 0 Å². The van der Waals surface area contributed by atoms with Crippen LogP contribution in [0.3, 0.4) is 0 Å². The normalized spacial score (nSPS) is 15.3. The summed E-state index contributed by atoms with van der Waals surface area (Å²) < 4.78 is 47.3. The molecule has 11 nitrogen and oxygen atoms in total. The average molecular weight is 267 g/mol. The fourth-order valence-electron chi connectivity index (χ4n) is 0.0747. The Balaban J connectivity index is 0. The van der Waals surface area contributed by atoms with Gasteiger partial charge in [-0.25, -0.2) is 9.59 Å². The summed E-state index contributed by atoms with van der Waals surface area (Å²) in [6.45, 7) is 0. The first-order valence-electron chi connectivity index (χ1n) is 2.16. The minimum atomic E-state index is -7.65. The van der Waals surface area contributed by atoms with E-state index in [-0.39, 0.29) is 0 Å². The van der Waals surface area contributed by atoms with Crippen LogP contribution in [0.1, 0.15) is 0 Å². The van der Waals surface area contributed by atoms with Crippen molar-refractivity contribution in [2.24, 2.45) is 0 Å². The van der Waals surface area contributed by atoms with Gasteiger partial charge in [-0.15, -0.1) is 0 Å². The van der Waals surface area contributed by atoms with Crippen molar-refractivity contribution in [3.05, 3.63) is 0 Å². The standard InChI is InChI=1S/C2H2O5.Co.6H2O/c3-1(4)7-2(5)6;;;;;;;/h(H,3,4)(H,5,6);;6*1H2/q;+6;;;;;;/p-6. The Kier molecular flexibility index (Phi) is 3.64. The molecule has 0 unspecified atom stereocenters. The second kappa shape index (κ2) is 3.30. The Morgan fingerprint density at radius 1 is 0.786 bits per heavy atom. The van der Waals surface area contributed by atoms with Gasteiger partial charge in [0.2, 0.25) is 0 Å². The molecule has 12 heteroatoms. The quantitative estimate of drug-likeness (QED) is 0.164. The molecule has 0 aliphatic rings. The summed E-state index contributed by atoms with van der Waals surface area (Å²) in [6.07, 6.45) is -3.62. The number of rotatable bonds is 0.